The molecule has 0 saturated carbocycles. The summed E-state index contributed by atoms with van der Waals surface area (Å²) in [6, 6.07) is 25.8. The van der Waals surface area contributed by atoms with Crippen molar-refractivity contribution in [3.05, 3.63) is 117 Å². The summed E-state index contributed by atoms with van der Waals surface area (Å²) < 4.78 is 57.7. The molecule has 1 unspecified atom stereocenters. The summed E-state index contributed by atoms with van der Waals surface area (Å²) in [5.74, 6) is 3.87. The topological polar surface area (TPSA) is 105 Å². The van der Waals surface area contributed by atoms with Crippen LogP contribution in [-0.4, -0.2) is 107 Å². The highest BCUT2D eigenvalue weighted by atomic mass is 16.8. The van der Waals surface area contributed by atoms with Gasteiger partial charge in [-0.15, -0.1) is 0 Å². The monoisotopic (exact) mass is 1040 g/mol. The summed E-state index contributed by atoms with van der Waals surface area (Å²) in [4.78, 5) is 0. The van der Waals surface area contributed by atoms with Crippen LogP contribution in [0.15, 0.2) is 72.8 Å². The lowest BCUT2D eigenvalue weighted by Gasteiger charge is -2.30. The highest BCUT2D eigenvalue weighted by Crippen LogP contribution is 2.39. The van der Waals surface area contributed by atoms with Gasteiger partial charge in [0.2, 0.25) is 0 Å². The average molecular weight is 1040 g/mol. The van der Waals surface area contributed by atoms with Crippen LogP contribution >= 0.6 is 0 Å². The zero-order chi connectivity index (χ0) is 56.2. The number of methoxy groups -OCH3 is 3. The maximum atomic E-state index is 5.81. The van der Waals surface area contributed by atoms with E-state index in [0.29, 0.717) is 53.0 Å². The van der Waals surface area contributed by atoms with Crippen LogP contribution in [0.4, 0.5) is 0 Å². The fourth-order valence-corrected chi connectivity index (χ4v) is 7.79. The van der Waals surface area contributed by atoms with E-state index in [1.165, 1.54) is 50.9 Å². The van der Waals surface area contributed by atoms with E-state index in [0.717, 1.165) is 55.8 Å². The molecule has 0 bridgehead atoms. The lowest BCUT2D eigenvalue weighted by molar-refractivity contribution is -0.0729. The van der Waals surface area contributed by atoms with Crippen LogP contribution in [0.3, 0.4) is 0 Å². The van der Waals surface area contributed by atoms with Gasteiger partial charge in [0.15, 0.2) is 6.29 Å². The van der Waals surface area contributed by atoms with Crippen LogP contribution in [0.2, 0.25) is 0 Å². The van der Waals surface area contributed by atoms with E-state index in [2.05, 4.69) is 129 Å². The van der Waals surface area contributed by atoms with Gasteiger partial charge in [0.1, 0.15) is 36.4 Å². The number of hydrogen-bond donors (Lipinski definition) is 0. The first-order valence-electron chi connectivity index (χ1n) is 27.1. The highest BCUT2D eigenvalue weighted by molar-refractivity contribution is 5.52. The number of hydrogen-bond acceptors (Lipinski definition) is 11. The van der Waals surface area contributed by atoms with Gasteiger partial charge in [-0.2, -0.15) is 0 Å². The third-order valence-corrected chi connectivity index (χ3v) is 12.1. The van der Waals surface area contributed by atoms with E-state index in [1.807, 2.05) is 72.7 Å². The first kappa shape index (κ1) is 69.8. The first-order valence-corrected chi connectivity index (χ1v) is 27.1. The summed E-state index contributed by atoms with van der Waals surface area (Å²) in [6.07, 6.45) is 2.23. The van der Waals surface area contributed by atoms with Crippen molar-refractivity contribution >= 4 is 0 Å². The summed E-state index contributed by atoms with van der Waals surface area (Å²) in [5, 5.41) is 0. The zero-order valence-electron chi connectivity index (χ0n) is 50.4. The second-order valence-corrected chi connectivity index (χ2v) is 19.1. The third kappa shape index (κ3) is 25.6. The van der Waals surface area contributed by atoms with Crippen LogP contribution in [0.5, 0.6) is 23.0 Å². The lowest BCUT2D eigenvalue weighted by atomic mass is 9.76. The van der Waals surface area contributed by atoms with Crippen molar-refractivity contribution in [2.24, 2.45) is 5.41 Å². The molecule has 1 aliphatic rings. The van der Waals surface area contributed by atoms with Gasteiger partial charge < -0.3 is 52.1 Å². The highest BCUT2D eigenvalue weighted by Gasteiger charge is 2.33. The summed E-state index contributed by atoms with van der Waals surface area (Å²) >= 11 is 0. The van der Waals surface area contributed by atoms with E-state index in [9.17, 15) is 0 Å². The maximum Gasteiger partial charge on any atom is 0.181 e. The summed E-state index contributed by atoms with van der Waals surface area (Å²) in [6.45, 7) is 46.2. The molecule has 0 aromatic heterocycles. The van der Waals surface area contributed by atoms with Gasteiger partial charge in [-0.25, -0.2) is 0 Å². The van der Waals surface area contributed by atoms with E-state index in [4.69, 9.17) is 47.4 Å². The van der Waals surface area contributed by atoms with E-state index in [1.54, 1.807) is 21.3 Å². The van der Waals surface area contributed by atoms with Crippen molar-refractivity contribution in [3.63, 3.8) is 0 Å². The van der Waals surface area contributed by atoms with Gasteiger partial charge in [0.25, 0.3) is 0 Å². The Kier molecular flexibility index (Phi) is 37.0. The van der Waals surface area contributed by atoms with Crippen molar-refractivity contribution in [2.75, 3.05) is 101 Å². The van der Waals surface area contributed by atoms with Crippen molar-refractivity contribution in [3.8, 4) is 23.0 Å². The molecule has 1 atom stereocenters. The van der Waals surface area contributed by atoms with Gasteiger partial charge in [-0.1, -0.05) is 103 Å². The fraction of sp³-hybridized carbons (Fsp3) is 0.619. The molecule has 11 heteroatoms. The van der Waals surface area contributed by atoms with Gasteiger partial charge in [0, 0.05) is 57.4 Å². The molecule has 1 heterocycles. The predicted octanol–water partition coefficient (Wildman–Crippen LogP) is 15.0. The quantitative estimate of drug-likeness (QED) is 0.0360. The van der Waals surface area contributed by atoms with Crippen molar-refractivity contribution < 1.29 is 52.1 Å². The summed E-state index contributed by atoms with van der Waals surface area (Å²) in [7, 11) is 5.01. The van der Waals surface area contributed by atoms with Gasteiger partial charge in [0.05, 0.1) is 46.2 Å². The number of epoxide rings is 1. The number of rotatable bonds is 25. The van der Waals surface area contributed by atoms with Gasteiger partial charge in [-0.05, 0) is 151 Å². The largest absolute Gasteiger partial charge is 0.494 e. The lowest BCUT2D eigenvalue weighted by Crippen LogP contribution is -2.36. The van der Waals surface area contributed by atoms with Crippen LogP contribution in [-0.2, 0) is 44.0 Å². The summed E-state index contributed by atoms with van der Waals surface area (Å²) in [5.41, 5.74) is 9.81. The maximum absolute atomic E-state index is 5.81. The molecule has 0 N–H and O–H groups in total. The van der Waals surface area contributed by atoms with Crippen LogP contribution in [0.25, 0.3) is 0 Å². The van der Waals surface area contributed by atoms with Crippen molar-refractivity contribution in [2.45, 2.75) is 155 Å². The molecule has 1 aliphatic heterocycles. The molecule has 5 rings (SSSR count). The van der Waals surface area contributed by atoms with Crippen LogP contribution in [0.1, 0.15) is 154 Å². The zero-order valence-corrected chi connectivity index (χ0v) is 50.4. The third-order valence-electron chi connectivity index (χ3n) is 12.1. The molecule has 4 aromatic rings. The predicted molar refractivity (Wildman–Crippen MR) is 307 cm³/mol. The second-order valence-electron chi connectivity index (χ2n) is 19.1. The molecule has 74 heavy (non-hydrogen) atoms. The van der Waals surface area contributed by atoms with Gasteiger partial charge in [-0.3, -0.25) is 0 Å². The standard InChI is InChI=1S/C23H32O2.C19H24O2.C10H20O4.C4H10O2.C4H10O.C3H8/c1-9-24-21-15(3)11-19(12-16(21)4)23(7,8)20-13-17(5)22(25-10-2)18(6)14-20;1-5-20-17-11-7-15(8-12-17)19(3,4)16-9-13-18(14-10-16)21-6-2;1-4-10(6-11-2,7-12-3)8-14-9-5-13-9;1-3-6-4-5-2;1-3-5-4-2;1-3-2/h11-14H,9-10H2,1-8H3;7-14H,5-6H2,1-4H3;9H,4-8H2,1-3H3;3-4H2,1-2H3;3-4H2,1-2H3;3H2,1-2H3. The minimum Gasteiger partial charge on any atom is -0.494 e. The van der Waals surface area contributed by atoms with E-state index >= 15 is 0 Å². The Balaban J connectivity index is 0.000000977. The fourth-order valence-electron chi connectivity index (χ4n) is 7.79. The number of ether oxygens (including phenoxy) is 11. The Bertz CT molecular complexity index is 1830. The molecular weight excluding hydrogens is 933 g/mol. The number of aryl methyl sites for hydroxylation is 4. The minimum absolute atomic E-state index is 0.00892. The van der Waals surface area contributed by atoms with Crippen LogP contribution < -0.4 is 18.9 Å². The Morgan fingerprint density at radius 1 is 0.446 bits per heavy atom. The van der Waals surface area contributed by atoms with E-state index in [-0.39, 0.29) is 22.5 Å². The average Bonchev–Trinajstić information content (AvgIpc) is 4.22. The molecule has 1 saturated heterocycles. The SMILES string of the molecule is CCC.CCC(COC)(COC)COC1CO1.CCOCC.CCOCOC.CCOc1c(C)cc(C(C)(C)c2cc(C)c(OCC)c(C)c2)cc1C.CCOc1ccc(C(C)(C)c2ccc(OCC)cc2)cc1. The van der Waals surface area contributed by atoms with Crippen LogP contribution in [0, 0.1) is 33.1 Å². The van der Waals surface area contributed by atoms with Gasteiger partial charge >= 0.3 is 0 Å². The molecule has 0 amide bonds. The molecule has 11 nitrogen and oxygen atoms in total. The normalized spacial score (nSPS) is 12.6. The van der Waals surface area contributed by atoms with E-state index < -0.39 is 0 Å². The Labute approximate surface area is 451 Å². The second kappa shape index (κ2) is 39.2. The molecular formula is C63H104O11. The minimum atomic E-state index is -0.0828. The van der Waals surface area contributed by atoms with Crippen molar-refractivity contribution in [1.82, 2.24) is 0 Å². The molecule has 4 aromatic carbocycles. The Hall–Kier alpha value is -4.20. The molecule has 0 radical (unpaired) electrons. The molecule has 0 spiro atoms. The Morgan fingerprint density at radius 2 is 0.784 bits per heavy atom. The molecule has 422 valence electrons. The molecule has 0 aliphatic carbocycles. The Morgan fingerprint density at radius 3 is 1.03 bits per heavy atom. The molecule has 1 fully saturated rings. The smallest absolute Gasteiger partial charge is 0.181 e. The first-order chi connectivity index (χ1) is 35.3. The number of benzene rings is 4. The van der Waals surface area contributed by atoms with Crippen molar-refractivity contribution in [1.29, 1.82) is 0 Å².